The molecule has 58 heavy (non-hydrogen) atoms. The van der Waals surface area contributed by atoms with Gasteiger partial charge >= 0.3 is 0 Å². The quantitative estimate of drug-likeness (QED) is 0.170. The molecule has 0 N–H and O–H groups in total. The zero-order valence-corrected chi connectivity index (χ0v) is 31.4. The molecular formula is C53H35N5. The molecule has 11 rings (SSSR count). The van der Waals surface area contributed by atoms with Crippen molar-refractivity contribution in [3.8, 4) is 73.4 Å². The molecular weight excluding hydrogens is 707 g/mol. The van der Waals surface area contributed by atoms with E-state index < -0.39 is 0 Å². The first-order valence-corrected chi connectivity index (χ1v) is 19.5. The third-order valence-corrected chi connectivity index (χ3v) is 11.0. The summed E-state index contributed by atoms with van der Waals surface area (Å²) in [5, 5.41) is 1.21. The molecule has 1 aliphatic rings. The van der Waals surface area contributed by atoms with Crippen molar-refractivity contribution in [1.82, 2.24) is 19.5 Å². The third kappa shape index (κ3) is 5.60. The molecule has 0 unspecified atom stereocenters. The predicted molar refractivity (Wildman–Crippen MR) is 238 cm³/mol. The predicted octanol–water partition coefficient (Wildman–Crippen LogP) is 13.6. The molecule has 0 bridgehead atoms. The highest BCUT2D eigenvalue weighted by Gasteiger charge is 2.32. The normalized spacial score (nSPS) is 11.8. The minimum atomic E-state index is 0.626. The van der Waals surface area contributed by atoms with Gasteiger partial charge in [0.25, 0.3) is 0 Å². The smallest absolute Gasteiger partial charge is 0.164 e. The lowest BCUT2D eigenvalue weighted by molar-refractivity contribution is 1.07. The second-order valence-electron chi connectivity index (χ2n) is 14.4. The topological polar surface area (TPSA) is 46.8 Å². The summed E-state index contributed by atoms with van der Waals surface area (Å²) in [6, 6.07) is 74.7. The lowest BCUT2D eigenvalue weighted by atomic mass is 9.96. The minimum absolute atomic E-state index is 0.626. The Morgan fingerprint density at radius 1 is 0.310 bits per heavy atom. The van der Waals surface area contributed by atoms with E-state index in [1.165, 1.54) is 38.9 Å². The number of rotatable bonds is 6. The van der Waals surface area contributed by atoms with Gasteiger partial charge in [-0.15, -0.1) is 0 Å². The zero-order valence-electron chi connectivity index (χ0n) is 31.4. The van der Waals surface area contributed by atoms with Gasteiger partial charge < -0.3 is 9.47 Å². The van der Waals surface area contributed by atoms with Crippen LogP contribution in [-0.4, -0.2) is 19.5 Å². The van der Waals surface area contributed by atoms with Gasteiger partial charge in [0.15, 0.2) is 17.5 Å². The average Bonchev–Trinajstić information content (AvgIpc) is 3.60. The van der Waals surface area contributed by atoms with Gasteiger partial charge in [-0.3, -0.25) is 0 Å². The SMILES string of the molecule is c1ccc(-c2nc(-c3ccccc3)nc(-c3ccc(N4c5ccccc5-c5c(n(-c6ccccc6)c6c(-c7ccccc7)cccc56)-c5ccccc54)cc3)n2)cc1. The van der Waals surface area contributed by atoms with E-state index in [-0.39, 0.29) is 0 Å². The van der Waals surface area contributed by atoms with Gasteiger partial charge in [-0.25, -0.2) is 15.0 Å². The monoisotopic (exact) mass is 741 g/mol. The molecule has 10 aromatic rings. The highest BCUT2D eigenvalue weighted by atomic mass is 15.2. The van der Waals surface area contributed by atoms with Gasteiger partial charge in [0, 0.05) is 55.7 Å². The van der Waals surface area contributed by atoms with Crippen LogP contribution in [0.15, 0.2) is 212 Å². The van der Waals surface area contributed by atoms with E-state index >= 15 is 0 Å². The van der Waals surface area contributed by atoms with E-state index in [4.69, 9.17) is 15.0 Å². The number of anilines is 3. The standard InChI is InChI=1S/C53H35N5/c1-5-18-36(19-6-1)42-28-17-29-45-48-43-26-13-15-30-46(43)57(47-31-16-14-27-44(47)50(48)58(49(42)45)40-24-11-4-12-25-40)41-34-32-39(33-35-41)53-55-51(37-20-7-2-8-21-37)54-52(56-53)38-22-9-3-10-23-38/h1-35H. The molecule has 5 nitrogen and oxygen atoms in total. The van der Waals surface area contributed by atoms with Crippen molar-refractivity contribution in [3.63, 3.8) is 0 Å². The maximum absolute atomic E-state index is 5.01. The van der Waals surface area contributed by atoms with E-state index in [0.29, 0.717) is 17.5 Å². The van der Waals surface area contributed by atoms with Crippen molar-refractivity contribution in [2.75, 3.05) is 4.90 Å². The van der Waals surface area contributed by atoms with Gasteiger partial charge in [0.05, 0.1) is 22.6 Å². The summed E-state index contributed by atoms with van der Waals surface area (Å²) in [6.45, 7) is 0. The first kappa shape index (κ1) is 33.4. The molecule has 3 heterocycles. The van der Waals surface area contributed by atoms with Crippen LogP contribution < -0.4 is 4.90 Å². The molecule has 0 fully saturated rings. The fourth-order valence-corrected chi connectivity index (χ4v) is 8.41. The summed E-state index contributed by atoms with van der Waals surface area (Å²) >= 11 is 0. The van der Waals surface area contributed by atoms with Gasteiger partial charge in [0.2, 0.25) is 0 Å². The molecule has 0 atom stereocenters. The Labute approximate surface area is 336 Å². The van der Waals surface area contributed by atoms with E-state index in [9.17, 15) is 0 Å². The first-order chi connectivity index (χ1) is 28.8. The van der Waals surface area contributed by atoms with E-state index in [0.717, 1.165) is 45.0 Å². The molecule has 0 amide bonds. The molecule has 0 saturated heterocycles. The Bertz CT molecular complexity index is 3030. The van der Waals surface area contributed by atoms with Crippen LogP contribution in [0.4, 0.5) is 17.1 Å². The number of nitrogens with zero attached hydrogens (tertiary/aromatic N) is 5. The van der Waals surface area contributed by atoms with Crippen molar-refractivity contribution >= 4 is 28.0 Å². The van der Waals surface area contributed by atoms with Crippen molar-refractivity contribution in [3.05, 3.63) is 212 Å². The van der Waals surface area contributed by atoms with Crippen molar-refractivity contribution in [2.45, 2.75) is 0 Å². The fraction of sp³-hybridized carbons (Fsp3) is 0. The van der Waals surface area contributed by atoms with E-state index in [1.54, 1.807) is 0 Å². The van der Waals surface area contributed by atoms with E-state index in [2.05, 4.69) is 161 Å². The highest BCUT2D eigenvalue weighted by Crippen LogP contribution is 2.55. The maximum atomic E-state index is 5.01. The second kappa shape index (κ2) is 14.0. The van der Waals surface area contributed by atoms with Crippen LogP contribution in [0.2, 0.25) is 0 Å². The number of hydrogen-bond donors (Lipinski definition) is 0. The molecule has 272 valence electrons. The molecule has 0 saturated carbocycles. The van der Waals surface area contributed by atoms with Gasteiger partial charge in [-0.2, -0.15) is 0 Å². The summed E-state index contributed by atoms with van der Waals surface area (Å²) in [4.78, 5) is 17.3. The Hall–Kier alpha value is -7.89. The highest BCUT2D eigenvalue weighted by molar-refractivity contribution is 6.15. The van der Waals surface area contributed by atoms with Crippen LogP contribution in [0.3, 0.4) is 0 Å². The van der Waals surface area contributed by atoms with Gasteiger partial charge in [-0.05, 0) is 54.1 Å². The molecule has 0 spiro atoms. The summed E-state index contributed by atoms with van der Waals surface area (Å²) in [6.07, 6.45) is 0. The van der Waals surface area contributed by atoms with Crippen LogP contribution >= 0.6 is 0 Å². The first-order valence-electron chi connectivity index (χ1n) is 19.5. The minimum Gasteiger partial charge on any atom is -0.309 e. The number of hydrogen-bond acceptors (Lipinski definition) is 4. The average molecular weight is 742 g/mol. The Morgan fingerprint density at radius 2 is 0.759 bits per heavy atom. The molecule has 5 heteroatoms. The van der Waals surface area contributed by atoms with Crippen molar-refractivity contribution < 1.29 is 0 Å². The molecule has 0 aliphatic carbocycles. The molecule has 0 radical (unpaired) electrons. The number of aromatic nitrogens is 4. The summed E-state index contributed by atoms with van der Waals surface area (Å²) in [7, 11) is 0. The Balaban J connectivity index is 1.12. The van der Waals surface area contributed by atoms with Crippen LogP contribution in [0.5, 0.6) is 0 Å². The number of benzene rings is 8. The van der Waals surface area contributed by atoms with Crippen LogP contribution in [0.25, 0.3) is 84.3 Å². The largest absolute Gasteiger partial charge is 0.309 e. The number of para-hydroxylation sites is 4. The van der Waals surface area contributed by atoms with Crippen molar-refractivity contribution in [2.24, 2.45) is 0 Å². The second-order valence-corrected chi connectivity index (χ2v) is 14.4. The van der Waals surface area contributed by atoms with Crippen LogP contribution in [0, 0.1) is 0 Å². The Morgan fingerprint density at radius 3 is 1.34 bits per heavy atom. The molecule has 1 aliphatic heterocycles. The number of fused-ring (bicyclic) bond motifs is 7. The summed E-state index contributed by atoms with van der Waals surface area (Å²) < 4.78 is 2.48. The third-order valence-electron chi connectivity index (χ3n) is 11.0. The summed E-state index contributed by atoms with van der Waals surface area (Å²) in [5.41, 5.74) is 15.4. The van der Waals surface area contributed by atoms with Gasteiger partial charge in [-0.1, -0.05) is 164 Å². The zero-order chi connectivity index (χ0) is 38.4. The lowest BCUT2D eigenvalue weighted by Crippen LogP contribution is -2.11. The molecule has 2 aromatic heterocycles. The maximum Gasteiger partial charge on any atom is 0.164 e. The molecule has 8 aromatic carbocycles. The Kier molecular flexibility index (Phi) is 8.07. The van der Waals surface area contributed by atoms with Crippen LogP contribution in [-0.2, 0) is 0 Å². The fourth-order valence-electron chi connectivity index (χ4n) is 8.41. The summed E-state index contributed by atoms with van der Waals surface area (Å²) in [5.74, 6) is 1.91. The van der Waals surface area contributed by atoms with Crippen LogP contribution in [0.1, 0.15) is 0 Å². The van der Waals surface area contributed by atoms with Crippen molar-refractivity contribution in [1.29, 1.82) is 0 Å². The lowest BCUT2D eigenvalue weighted by Gasteiger charge is -2.27. The van der Waals surface area contributed by atoms with Gasteiger partial charge in [0.1, 0.15) is 0 Å². The van der Waals surface area contributed by atoms with E-state index in [1.807, 2.05) is 60.7 Å².